The number of nitrogens with zero attached hydrogens (tertiary/aromatic N) is 5. The maximum atomic E-state index is 12.5. The van der Waals surface area contributed by atoms with Gasteiger partial charge in [-0.25, -0.2) is 14.8 Å². The second-order valence-electron chi connectivity index (χ2n) is 27.9. The predicted molar refractivity (Wildman–Crippen MR) is 516 cm³/mol. The fraction of sp³-hybridized carbons (Fsp3) is 0.800. The van der Waals surface area contributed by atoms with Gasteiger partial charge in [0.1, 0.15) is 11.6 Å². The lowest BCUT2D eigenvalue weighted by Gasteiger charge is -2.30. The lowest BCUT2D eigenvalue weighted by molar-refractivity contribution is -0.325. The summed E-state index contributed by atoms with van der Waals surface area (Å²) in [5, 5.41) is 23.7. The Morgan fingerprint density at radius 2 is 1.02 bits per heavy atom. The van der Waals surface area contributed by atoms with Crippen LogP contribution in [-0.2, 0) is 68.2 Å². The van der Waals surface area contributed by atoms with E-state index in [1.807, 2.05) is 68.1 Å². The van der Waals surface area contributed by atoms with Crippen molar-refractivity contribution in [3.8, 4) is 5.75 Å². The summed E-state index contributed by atoms with van der Waals surface area (Å²) >= 11 is 0. The van der Waals surface area contributed by atoms with Gasteiger partial charge in [-0.05, 0) is 152 Å². The van der Waals surface area contributed by atoms with E-state index in [1.165, 1.54) is 60.4 Å². The molecule has 756 valence electrons. The van der Waals surface area contributed by atoms with Crippen LogP contribution in [0.15, 0.2) is 42.5 Å². The first kappa shape index (κ1) is 156. The van der Waals surface area contributed by atoms with Crippen LogP contribution in [0.5, 0.6) is 5.75 Å². The third kappa shape index (κ3) is 96.8. The van der Waals surface area contributed by atoms with Crippen molar-refractivity contribution in [2.24, 2.45) is 17.8 Å². The molecule has 0 saturated heterocycles. The minimum Gasteiger partial charge on any atom is -0.482 e. The van der Waals surface area contributed by atoms with Crippen molar-refractivity contribution in [1.82, 2.24) is 30.4 Å². The summed E-state index contributed by atoms with van der Waals surface area (Å²) in [6, 6.07) is 14.8. The lowest BCUT2D eigenvalue weighted by Crippen LogP contribution is -2.40. The van der Waals surface area contributed by atoms with Crippen molar-refractivity contribution in [3.63, 3.8) is 0 Å². The molecule has 0 radical (unpaired) electrons. The molecule has 125 heavy (non-hydrogen) atoms. The third-order valence-electron chi connectivity index (χ3n) is 15.5. The van der Waals surface area contributed by atoms with Crippen LogP contribution in [0.25, 0.3) is 10.9 Å². The summed E-state index contributed by atoms with van der Waals surface area (Å²) in [6.45, 7) is 32.4. The van der Waals surface area contributed by atoms with Gasteiger partial charge >= 0.3 is 18.6 Å². The number of hydrogen-bond donors (Lipinski definition) is 4. The number of ether oxygens (including phenoxy) is 10. The zero-order chi connectivity index (χ0) is 86.4. The fourth-order valence-corrected chi connectivity index (χ4v) is 9.49. The van der Waals surface area contributed by atoms with E-state index >= 15 is 0 Å². The number of carbonyl (C=O) groups is 5. The SMILES string of the molecule is C.C.C.C.C.C.C.C.C.C.C.C.CC(C)C.CC1CC1.CCC.CCCN(C(=O)C1CCC(O)CC1)C1CC1.CCCN(C(=O)Cc1nc(C)c2ccccc2n1)C1CC1.CCCNC(=O)OC.COCCCC(F)(F)F.COCCCN1C(=O)COc2ccc(C)cc21.COCCCO.COCCCOC.COCCCOC(F)(F)F.COCCNC(C)=O. The summed E-state index contributed by atoms with van der Waals surface area (Å²) in [6.07, 6.45) is 8.66. The molecule has 4 aliphatic carbocycles. The Labute approximate surface area is 762 Å². The second-order valence-corrected chi connectivity index (χ2v) is 27.9. The Hall–Kier alpha value is -6.09. The van der Waals surface area contributed by atoms with Crippen molar-refractivity contribution in [3.05, 3.63) is 59.5 Å². The van der Waals surface area contributed by atoms with Gasteiger partial charge < -0.3 is 78.2 Å². The van der Waals surface area contributed by atoms with Crippen molar-refractivity contribution < 1.29 is 108 Å². The van der Waals surface area contributed by atoms with E-state index in [0.29, 0.717) is 69.7 Å². The number of aryl methyl sites for hydroxylation is 2. The second kappa shape index (κ2) is 102. The van der Waals surface area contributed by atoms with Gasteiger partial charge in [-0.2, -0.15) is 13.2 Å². The van der Waals surface area contributed by atoms with Crippen LogP contribution in [0.2, 0.25) is 0 Å². The number of hydrogen-bond acceptors (Lipinski definition) is 19. The highest BCUT2D eigenvalue weighted by atomic mass is 19.4. The molecule has 4 fully saturated rings. The van der Waals surface area contributed by atoms with Crippen LogP contribution in [0, 0.1) is 31.6 Å². The molecule has 2 heterocycles. The standard InChI is InChI=1S/C17H21N3O.C13H17NO3.C13H23NO2.C5H9F3O2.C5H9F3O.2C5H11NO2.C5H12O2.C4H10O2.C4H8.C4H10.C3H8.12CH4/c1-3-10-20(13-8-9-13)17(21)11-16-18-12(2)14-6-4-5-7-15(14)19-16;1-10-4-5-12-11(8-10)14(6-3-7-16-2)13(15)9-17-12;1-2-9-14(11-5-6-11)13(16)10-3-7-12(15)8-4-10;1-9-3-2-4-10-5(6,7)8;1-9-4-2-3-5(6,7)8;1-5(7)6-3-4-8-2;1-3-4-6-5(7)8-2;1-6-4-3-5-7-2;1-6-4-2-3-5;1-4-2-3-4;1-4(2)3;1-3-2;;;;;;;;;;;;/h4-7,13H,3,8-11H2,1-2H3;4-5,8H,3,6-7,9H2,1-2H3;10-12,15H,2-9H2,1H3;2-4H2,1H3;2-4H2,1H3;2*3-4H2,1-2H3,(H,6,7);3-5H2,1-2H3;5H,2-4H2,1H3;4H,2-3H2,1H3;4H,1-3H3;3H2,1-2H3;12*1H4. The predicted octanol–water partition coefficient (Wildman–Crippen LogP) is 23.4. The van der Waals surface area contributed by atoms with E-state index < -0.39 is 19.0 Å². The number of aliphatic hydroxyl groups excluding tert-OH is 2. The normalized spacial score (nSPS) is 13.4. The van der Waals surface area contributed by atoms with Crippen LogP contribution in [0.4, 0.5) is 36.8 Å². The van der Waals surface area contributed by atoms with Crippen LogP contribution < -0.4 is 20.3 Å². The molecular formula is C95H197F6N7O17. The van der Waals surface area contributed by atoms with E-state index in [-0.39, 0.29) is 171 Å². The number of nitrogens with one attached hydrogen (secondary N) is 2. The average molecular weight is 1820 g/mol. The van der Waals surface area contributed by atoms with Crippen molar-refractivity contribution >= 4 is 46.3 Å². The largest absolute Gasteiger partial charge is 0.522 e. The molecule has 0 bridgehead atoms. The molecule has 4 saturated carbocycles. The van der Waals surface area contributed by atoms with Crippen LogP contribution in [0.3, 0.4) is 0 Å². The summed E-state index contributed by atoms with van der Waals surface area (Å²) < 4.78 is 114. The molecule has 4 N–H and O–H groups in total. The first-order chi connectivity index (χ1) is 53.7. The number of amides is 5. The van der Waals surface area contributed by atoms with E-state index in [1.54, 1.807) is 40.4 Å². The number of fused-ring (bicyclic) bond motifs is 2. The summed E-state index contributed by atoms with van der Waals surface area (Å²) in [7, 11) is 12.4. The Balaban J connectivity index is -0.0000000761. The van der Waals surface area contributed by atoms with Gasteiger partial charge in [-0.1, -0.05) is 195 Å². The number of anilines is 1. The molecule has 1 aliphatic heterocycles. The highest BCUT2D eigenvalue weighted by Crippen LogP contribution is 2.35. The molecule has 3 aromatic rings. The van der Waals surface area contributed by atoms with Crippen LogP contribution in [-0.4, -0.2) is 246 Å². The third-order valence-corrected chi connectivity index (χ3v) is 15.5. The highest BCUT2D eigenvalue weighted by Gasteiger charge is 2.37. The first-order valence-electron chi connectivity index (χ1n) is 40.1. The van der Waals surface area contributed by atoms with Gasteiger partial charge in [0.2, 0.25) is 17.7 Å². The van der Waals surface area contributed by atoms with E-state index in [4.69, 9.17) is 24.1 Å². The summed E-state index contributed by atoms with van der Waals surface area (Å²) in [5.74, 6) is 4.05. The number of carbonyl (C=O) groups excluding carboxylic acids is 5. The zero-order valence-corrected chi connectivity index (χ0v) is 72.5. The fourth-order valence-electron chi connectivity index (χ4n) is 9.49. The number of halogens is 6. The number of rotatable bonds is 32. The Morgan fingerprint density at radius 3 is 1.42 bits per heavy atom. The minimum absolute atomic E-state index is 0. The Morgan fingerprint density at radius 1 is 0.576 bits per heavy atom. The first-order valence-corrected chi connectivity index (χ1v) is 40.1. The number of para-hydroxylation sites is 1. The topological polar surface area (TPSA) is 278 Å². The molecule has 5 amide bonds. The lowest BCUT2D eigenvalue weighted by atomic mass is 9.86. The summed E-state index contributed by atoms with van der Waals surface area (Å²) in [4.78, 5) is 71.9. The number of methoxy groups -OCH3 is 8. The molecule has 0 atom stereocenters. The quantitative estimate of drug-likeness (QED) is 0.0334. The van der Waals surface area contributed by atoms with E-state index in [9.17, 15) is 55.4 Å². The van der Waals surface area contributed by atoms with Gasteiger partial charge in [0, 0.05) is 171 Å². The van der Waals surface area contributed by atoms with Crippen molar-refractivity contribution in [2.45, 2.75) is 338 Å². The van der Waals surface area contributed by atoms with Gasteiger partial charge in [-0.15, -0.1) is 13.2 Å². The molecule has 8 rings (SSSR count). The molecule has 1 aromatic heterocycles. The van der Waals surface area contributed by atoms with Gasteiger partial charge in [-0.3, -0.25) is 23.9 Å². The van der Waals surface area contributed by atoms with Gasteiger partial charge in [0.15, 0.2) is 6.61 Å². The highest BCUT2D eigenvalue weighted by molar-refractivity contribution is 5.98. The molecule has 24 nitrogen and oxygen atoms in total. The minimum atomic E-state index is -4.51. The number of benzene rings is 2. The van der Waals surface area contributed by atoms with E-state index in [0.717, 1.165) is 149 Å². The smallest absolute Gasteiger partial charge is 0.482 e. The average Bonchev–Trinajstić information content (AvgIpc) is 1.17. The molecule has 0 spiro atoms. The van der Waals surface area contributed by atoms with Crippen LogP contribution >= 0.6 is 0 Å². The Bertz CT molecular complexity index is 2780. The molecule has 5 aliphatic rings. The number of aliphatic hydroxyl groups is 2. The number of alkyl halides is 6. The van der Waals surface area contributed by atoms with E-state index in [2.05, 4.69) is 109 Å². The van der Waals surface area contributed by atoms with Crippen LogP contribution in [0.1, 0.15) is 304 Å². The maximum Gasteiger partial charge on any atom is 0.522 e. The molecule has 0 unspecified atom stereocenters. The monoisotopic (exact) mass is 1820 g/mol. The molecule has 30 heteroatoms. The number of alkyl carbamates (subject to hydrolysis) is 1. The molecular weight excluding hydrogens is 1630 g/mol. The zero-order valence-electron chi connectivity index (χ0n) is 72.5. The van der Waals surface area contributed by atoms with Gasteiger partial charge in [0.05, 0.1) is 44.1 Å². The Kier molecular flexibility index (Phi) is 127. The summed E-state index contributed by atoms with van der Waals surface area (Å²) in [5.41, 5.74) is 3.86. The molecule has 2 aromatic carbocycles. The maximum absolute atomic E-state index is 12.5. The number of aromatic nitrogens is 2. The van der Waals surface area contributed by atoms with Crippen molar-refractivity contribution in [2.75, 3.05) is 161 Å². The van der Waals surface area contributed by atoms with Gasteiger partial charge in [0.25, 0.3) is 5.91 Å². The van der Waals surface area contributed by atoms with Crippen molar-refractivity contribution in [1.29, 1.82) is 0 Å².